The van der Waals surface area contributed by atoms with Crippen LogP contribution >= 0.6 is 0 Å². The maximum atomic E-state index is 4.53. The summed E-state index contributed by atoms with van der Waals surface area (Å²) >= 11 is 0. The summed E-state index contributed by atoms with van der Waals surface area (Å²) in [5, 5.41) is 1.14. The molecule has 1 unspecified atom stereocenters. The number of pyridine rings is 1. The molecule has 5 heteroatoms. The van der Waals surface area contributed by atoms with Gasteiger partial charge < -0.3 is 9.47 Å². The predicted molar refractivity (Wildman–Crippen MR) is 86.8 cm³/mol. The number of fused-ring (bicyclic) bond motifs is 1. The molecule has 22 heavy (non-hydrogen) atoms. The Morgan fingerprint density at radius 3 is 3.00 bits per heavy atom. The lowest BCUT2D eigenvalue weighted by Crippen LogP contribution is -2.21. The molecule has 1 aliphatic rings. The second-order valence-electron chi connectivity index (χ2n) is 5.99. The summed E-state index contributed by atoms with van der Waals surface area (Å²) in [7, 11) is 2.02. The van der Waals surface area contributed by atoms with Crippen molar-refractivity contribution in [3.8, 4) is 0 Å². The molecule has 1 fully saturated rings. The van der Waals surface area contributed by atoms with Crippen LogP contribution in [0.15, 0.2) is 43.0 Å². The topological polar surface area (TPSA) is 46.8 Å². The van der Waals surface area contributed by atoms with E-state index in [-0.39, 0.29) is 0 Å². The number of rotatable bonds is 3. The highest BCUT2D eigenvalue weighted by atomic mass is 15.2. The van der Waals surface area contributed by atoms with Gasteiger partial charge in [-0.05, 0) is 37.0 Å². The zero-order valence-corrected chi connectivity index (χ0v) is 12.7. The van der Waals surface area contributed by atoms with Gasteiger partial charge in [0.1, 0.15) is 17.8 Å². The Kier molecular flexibility index (Phi) is 3.25. The van der Waals surface area contributed by atoms with E-state index in [0.717, 1.165) is 36.4 Å². The summed E-state index contributed by atoms with van der Waals surface area (Å²) in [6, 6.07) is 8.25. The summed E-state index contributed by atoms with van der Waals surface area (Å²) in [6.07, 6.45) is 7.82. The molecule has 3 aromatic rings. The first-order chi connectivity index (χ1) is 10.8. The molecule has 0 saturated carbocycles. The summed E-state index contributed by atoms with van der Waals surface area (Å²) < 4.78 is 2.04. The molecule has 0 aromatic carbocycles. The third-order valence-electron chi connectivity index (χ3n) is 4.45. The Bertz CT molecular complexity index is 780. The molecule has 1 atom stereocenters. The Balaban J connectivity index is 1.54. The van der Waals surface area contributed by atoms with E-state index < -0.39 is 0 Å². The van der Waals surface area contributed by atoms with Crippen LogP contribution in [0.3, 0.4) is 0 Å². The minimum Gasteiger partial charge on any atom is -0.356 e. The first kappa shape index (κ1) is 13.2. The quantitative estimate of drug-likeness (QED) is 0.744. The largest absolute Gasteiger partial charge is 0.356 e. The molecule has 4 heterocycles. The van der Waals surface area contributed by atoms with Crippen LogP contribution in [0.2, 0.25) is 0 Å². The normalized spacial score (nSPS) is 18.2. The van der Waals surface area contributed by atoms with E-state index in [1.54, 1.807) is 6.33 Å². The maximum absolute atomic E-state index is 4.53. The van der Waals surface area contributed by atoms with Crippen molar-refractivity contribution in [1.29, 1.82) is 0 Å². The summed E-state index contributed by atoms with van der Waals surface area (Å²) in [5.41, 5.74) is 2.18. The number of hydrogen-bond donors (Lipinski definition) is 0. The SMILES string of the molecule is Cn1ccc2c(N3CCC(Cc4ccccn4)C3)ncnc21. The molecule has 0 bridgehead atoms. The van der Waals surface area contributed by atoms with E-state index in [1.807, 2.05) is 30.1 Å². The van der Waals surface area contributed by atoms with Crippen LogP contribution < -0.4 is 4.90 Å². The zero-order chi connectivity index (χ0) is 14.9. The molecule has 5 nitrogen and oxygen atoms in total. The van der Waals surface area contributed by atoms with Crippen molar-refractivity contribution in [2.45, 2.75) is 12.8 Å². The van der Waals surface area contributed by atoms with Gasteiger partial charge in [-0.15, -0.1) is 0 Å². The molecular weight excluding hydrogens is 274 g/mol. The highest BCUT2D eigenvalue weighted by molar-refractivity contribution is 5.87. The van der Waals surface area contributed by atoms with Crippen LogP contribution in [0.5, 0.6) is 0 Å². The van der Waals surface area contributed by atoms with Gasteiger partial charge in [-0.1, -0.05) is 6.07 Å². The highest BCUT2D eigenvalue weighted by Gasteiger charge is 2.25. The van der Waals surface area contributed by atoms with E-state index in [0.29, 0.717) is 5.92 Å². The van der Waals surface area contributed by atoms with Gasteiger partial charge in [0.15, 0.2) is 0 Å². The molecule has 0 spiro atoms. The number of aromatic nitrogens is 4. The average Bonchev–Trinajstić information content (AvgIpc) is 3.16. The second-order valence-corrected chi connectivity index (χ2v) is 5.99. The van der Waals surface area contributed by atoms with E-state index in [9.17, 15) is 0 Å². The standard InChI is InChI=1S/C17H19N5/c1-21-8-6-15-16(21)19-12-20-17(15)22-9-5-13(11-22)10-14-4-2-3-7-18-14/h2-4,6-8,12-13H,5,9-11H2,1H3. The lowest BCUT2D eigenvalue weighted by molar-refractivity contribution is 0.577. The second kappa shape index (κ2) is 5.40. The van der Waals surface area contributed by atoms with Gasteiger partial charge in [-0.25, -0.2) is 9.97 Å². The minimum atomic E-state index is 0.642. The van der Waals surface area contributed by atoms with E-state index >= 15 is 0 Å². The molecule has 0 aliphatic carbocycles. The Morgan fingerprint density at radius 2 is 2.14 bits per heavy atom. The van der Waals surface area contributed by atoms with Gasteiger partial charge in [0.05, 0.1) is 5.39 Å². The number of aryl methyl sites for hydroxylation is 1. The van der Waals surface area contributed by atoms with Crippen molar-refractivity contribution >= 4 is 16.9 Å². The van der Waals surface area contributed by atoms with Crippen molar-refractivity contribution < 1.29 is 0 Å². The lowest BCUT2D eigenvalue weighted by atomic mass is 10.0. The molecular formula is C17H19N5. The number of nitrogens with zero attached hydrogens (tertiary/aromatic N) is 5. The lowest BCUT2D eigenvalue weighted by Gasteiger charge is -2.18. The van der Waals surface area contributed by atoms with Gasteiger partial charge in [0.25, 0.3) is 0 Å². The fourth-order valence-electron chi connectivity index (χ4n) is 3.32. The van der Waals surface area contributed by atoms with Crippen molar-refractivity contribution in [3.63, 3.8) is 0 Å². The fourth-order valence-corrected chi connectivity index (χ4v) is 3.32. The Morgan fingerprint density at radius 1 is 1.18 bits per heavy atom. The van der Waals surface area contributed by atoms with Crippen LogP contribution in [-0.2, 0) is 13.5 Å². The van der Waals surface area contributed by atoms with Crippen LogP contribution in [0, 0.1) is 5.92 Å². The highest BCUT2D eigenvalue weighted by Crippen LogP contribution is 2.29. The van der Waals surface area contributed by atoms with Crippen LogP contribution in [0.1, 0.15) is 12.1 Å². The molecule has 1 saturated heterocycles. The van der Waals surface area contributed by atoms with Crippen LogP contribution in [-0.4, -0.2) is 32.6 Å². The van der Waals surface area contributed by atoms with Gasteiger partial charge in [-0.3, -0.25) is 4.98 Å². The fraction of sp³-hybridized carbons (Fsp3) is 0.353. The molecule has 0 radical (unpaired) electrons. The van der Waals surface area contributed by atoms with E-state index in [1.165, 1.54) is 12.1 Å². The van der Waals surface area contributed by atoms with Crippen molar-refractivity contribution in [1.82, 2.24) is 19.5 Å². The first-order valence-corrected chi connectivity index (χ1v) is 7.72. The van der Waals surface area contributed by atoms with Crippen molar-refractivity contribution in [2.24, 2.45) is 13.0 Å². The first-order valence-electron chi connectivity index (χ1n) is 7.72. The number of anilines is 1. The molecule has 112 valence electrons. The maximum Gasteiger partial charge on any atom is 0.145 e. The monoisotopic (exact) mass is 293 g/mol. The van der Waals surface area contributed by atoms with E-state index in [4.69, 9.17) is 0 Å². The third kappa shape index (κ3) is 2.32. The van der Waals surface area contributed by atoms with Crippen LogP contribution in [0.25, 0.3) is 11.0 Å². The molecule has 3 aromatic heterocycles. The van der Waals surface area contributed by atoms with Gasteiger partial charge in [-0.2, -0.15) is 0 Å². The molecule has 4 rings (SSSR count). The Hall–Kier alpha value is -2.43. The summed E-state index contributed by atoms with van der Waals surface area (Å²) in [4.78, 5) is 15.7. The summed E-state index contributed by atoms with van der Waals surface area (Å²) in [5.74, 6) is 1.71. The van der Waals surface area contributed by atoms with Crippen molar-refractivity contribution in [2.75, 3.05) is 18.0 Å². The predicted octanol–water partition coefficient (Wildman–Crippen LogP) is 2.43. The number of hydrogen-bond acceptors (Lipinski definition) is 4. The zero-order valence-electron chi connectivity index (χ0n) is 12.7. The Labute approximate surface area is 129 Å². The van der Waals surface area contributed by atoms with Gasteiger partial charge >= 0.3 is 0 Å². The van der Waals surface area contributed by atoms with Gasteiger partial charge in [0, 0.05) is 38.2 Å². The van der Waals surface area contributed by atoms with Crippen molar-refractivity contribution in [3.05, 3.63) is 48.7 Å². The average molecular weight is 293 g/mol. The summed E-state index contributed by atoms with van der Waals surface area (Å²) in [6.45, 7) is 2.09. The third-order valence-corrected chi connectivity index (χ3v) is 4.45. The molecule has 1 aliphatic heterocycles. The van der Waals surface area contributed by atoms with Crippen LogP contribution in [0.4, 0.5) is 5.82 Å². The van der Waals surface area contributed by atoms with Gasteiger partial charge in [0.2, 0.25) is 0 Å². The molecule has 0 amide bonds. The smallest absolute Gasteiger partial charge is 0.145 e. The molecule has 0 N–H and O–H groups in total. The van der Waals surface area contributed by atoms with E-state index in [2.05, 4.69) is 38.1 Å². The minimum absolute atomic E-state index is 0.642.